The minimum atomic E-state index is -0.771. The van der Waals surface area contributed by atoms with Crippen molar-refractivity contribution in [1.82, 2.24) is 9.55 Å². The average molecular weight is 271 g/mol. The number of hydrogen-bond acceptors (Lipinski definition) is 3. The third-order valence-corrected chi connectivity index (χ3v) is 3.14. The zero-order chi connectivity index (χ0) is 14.3. The lowest BCUT2D eigenvalue weighted by Gasteiger charge is -2.11. The highest BCUT2D eigenvalue weighted by atomic mass is 19.1. The van der Waals surface area contributed by atoms with Gasteiger partial charge in [0.2, 0.25) is 0 Å². The molecule has 0 aliphatic heterocycles. The lowest BCUT2D eigenvalue weighted by Crippen LogP contribution is -2.04. The number of nitrogens with two attached hydrogens (primary N) is 1. The van der Waals surface area contributed by atoms with Crippen molar-refractivity contribution in [3.63, 3.8) is 0 Å². The van der Waals surface area contributed by atoms with Crippen molar-refractivity contribution in [1.29, 1.82) is 0 Å². The van der Waals surface area contributed by atoms with E-state index in [0.29, 0.717) is 22.7 Å². The van der Waals surface area contributed by atoms with Gasteiger partial charge in [-0.3, -0.25) is 4.57 Å². The van der Waals surface area contributed by atoms with Gasteiger partial charge in [0, 0.05) is 5.69 Å². The molecule has 3 N–H and O–H groups in total. The minimum Gasteiger partial charge on any atom is -0.399 e. The standard InChI is InChI=1S/C15H14FN3O/c1-9(20)15-18-13-8-11(17)5-6-14(13)19(15)12-4-2-3-10(16)7-12/h2-9,20H,17H2,1H3. The summed E-state index contributed by atoms with van der Waals surface area (Å²) in [5.41, 5.74) is 8.41. The number of nitrogen functional groups attached to an aromatic ring is 1. The van der Waals surface area contributed by atoms with E-state index < -0.39 is 6.10 Å². The number of nitrogens with zero attached hydrogens (tertiary/aromatic N) is 2. The molecule has 0 fully saturated rings. The molecule has 1 atom stereocenters. The Morgan fingerprint density at radius 2 is 2.05 bits per heavy atom. The molecular weight excluding hydrogens is 257 g/mol. The van der Waals surface area contributed by atoms with Crippen LogP contribution >= 0.6 is 0 Å². The van der Waals surface area contributed by atoms with Crippen LogP contribution in [-0.4, -0.2) is 14.7 Å². The smallest absolute Gasteiger partial charge is 0.143 e. The van der Waals surface area contributed by atoms with Crippen LogP contribution in [0.3, 0.4) is 0 Å². The van der Waals surface area contributed by atoms with Gasteiger partial charge in [0.05, 0.1) is 16.7 Å². The van der Waals surface area contributed by atoms with E-state index in [1.165, 1.54) is 12.1 Å². The fourth-order valence-electron chi connectivity index (χ4n) is 2.28. The number of rotatable bonds is 2. The molecule has 20 heavy (non-hydrogen) atoms. The van der Waals surface area contributed by atoms with E-state index in [1.807, 2.05) is 6.07 Å². The number of aliphatic hydroxyl groups excluding tert-OH is 1. The van der Waals surface area contributed by atoms with Crippen molar-refractivity contribution in [2.24, 2.45) is 0 Å². The number of fused-ring (bicyclic) bond motifs is 1. The molecule has 4 nitrogen and oxygen atoms in total. The molecule has 1 aromatic heterocycles. The van der Waals surface area contributed by atoms with Crippen LogP contribution in [0.15, 0.2) is 42.5 Å². The highest BCUT2D eigenvalue weighted by molar-refractivity contribution is 5.81. The molecule has 3 aromatic rings. The van der Waals surface area contributed by atoms with E-state index in [-0.39, 0.29) is 5.82 Å². The Balaban J connectivity index is 2.34. The Labute approximate surface area is 115 Å². The number of aromatic nitrogens is 2. The summed E-state index contributed by atoms with van der Waals surface area (Å²) in [5, 5.41) is 9.90. The average Bonchev–Trinajstić information content (AvgIpc) is 2.77. The van der Waals surface area contributed by atoms with Crippen molar-refractivity contribution in [3.8, 4) is 5.69 Å². The van der Waals surface area contributed by atoms with Gasteiger partial charge in [-0.05, 0) is 43.3 Å². The second-order valence-electron chi connectivity index (χ2n) is 4.71. The maximum absolute atomic E-state index is 13.4. The summed E-state index contributed by atoms with van der Waals surface area (Å²) < 4.78 is 15.2. The molecule has 1 heterocycles. The van der Waals surface area contributed by atoms with E-state index in [1.54, 1.807) is 35.8 Å². The fraction of sp³-hybridized carbons (Fsp3) is 0.133. The monoisotopic (exact) mass is 271 g/mol. The first-order chi connectivity index (χ1) is 9.56. The van der Waals surface area contributed by atoms with Crippen LogP contribution in [0.25, 0.3) is 16.7 Å². The molecule has 2 aromatic carbocycles. The summed E-state index contributed by atoms with van der Waals surface area (Å²) in [6, 6.07) is 11.5. The number of imidazole rings is 1. The predicted octanol–water partition coefficient (Wildman–Crippen LogP) is 2.80. The van der Waals surface area contributed by atoms with E-state index in [2.05, 4.69) is 4.98 Å². The highest BCUT2D eigenvalue weighted by Gasteiger charge is 2.16. The molecule has 102 valence electrons. The Morgan fingerprint density at radius 1 is 1.25 bits per heavy atom. The molecule has 0 saturated heterocycles. The highest BCUT2D eigenvalue weighted by Crippen LogP contribution is 2.26. The summed E-state index contributed by atoms with van der Waals surface area (Å²) in [6.07, 6.45) is -0.771. The number of benzene rings is 2. The van der Waals surface area contributed by atoms with Gasteiger partial charge in [-0.1, -0.05) is 6.07 Å². The van der Waals surface area contributed by atoms with Gasteiger partial charge in [-0.15, -0.1) is 0 Å². The largest absolute Gasteiger partial charge is 0.399 e. The van der Waals surface area contributed by atoms with Crippen molar-refractivity contribution in [3.05, 3.63) is 54.1 Å². The molecule has 3 rings (SSSR count). The first kappa shape index (κ1) is 12.6. The third-order valence-electron chi connectivity index (χ3n) is 3.14. The fourth-order valence-corrected chi connectivity index (χ4v) is 2.28. The first-order valence-electron chi connectivity index (χ1n) is 6.28. The van der Waals surface area contributed by atoms with Crippen LogP contribution < -0.4 is 5.73 Å². The van der Waals surface area contributed by atoms with Crippen LogP contribution in [0.5, 0.6) is 0 Å². The zero-order valence-electron chi connectivity index (χ0n) is 10.9. The summed E-state index contributed by atoms with van der Waals surface area (Å²) in [7, 11) is 0. The van der Waals surface area contributed by atoms with Gasteiger partial charge in [0.15, 0.2) is 0 Å². The number of anilines is 1. The molecule has 0 aliphatic carbocycles. The summed E-state index contributed by atoms with van der Waals surface area (Å²) in [5.74, 6) is 0.118. The summed E-state index contributed by atoms with van der Waals surface area (Å²) in [6.45, 7) is 1.63. The summed E-state index contributed by atoms with van der Waals surface area (Å²) >= 11 is 0. The number of aliphatic hydroxyl groups is 1. The molecule has 0 radical (unpaired) electrons. The van der Waals surface area contributed by atoms with E-state index in [9.17, 15) is 9.50 Å². The van der Waals surface area contributed by atoms with Gasteiger partial charge in [-0.25, -0.2) is 9.37 Å². The van der Waals surface area contributed by atoms with Gasteiger partial charge in [0.1, 0.15) is 17.7 Å². The molecular formula is C15H14FN3O. The van der Waals surface area contributed by atoms with Gasteiger partial charge in [-0.2, -0.15) is 0 Å². The van der Waals surface area contributed by atoms with Crippen molar-refractivity contribution >= 4 is 16.7 Å². The van der Waals surface area contributed by atoms with Gasteiger partial charge in [0.25, 0.3) is 0 Å². The summed E-state index contributed by atoms with van der Waals surface area (Å²) in [4.78, 5) is 4.39. The minimum absolute atomic E-state index is 0.337. The second kappa shape index (κ2) is 4.61. The Bertz CT molecular complexity index is 780. The van der Waals surface area contributed by atoms with E-state index >= 15 is 0 Å². The normalized spacial score (nSPS) is 12.8. The quantitative estimate of drug-likeness (QED) is 0.704. The van der Waals surface area contributed by atoms with Crippen LogP contribution in [0.2, 0.25) is 0 Å². The molecule has 0 amide bonds. The number of halogens is 1. The lowest BCUT2D eigenvalue weighted by atomic mass is 10.2. The van der Waals surface area contributed by atoms with Crippen molar-refractivity contribution in [2.45, 2.75) is 13.0 Å². The molecule has 0 aliphatic rings. The SMILES string of the molecule is CC(O)c1nc2cc(N)ccc2n1-c1cccc(F)c1. The van der Waals surface area contributed by atoms with Gasteiger partial charge < -0.3 is 10.8 Å². The topological polar surface area (TPSA) is 64.1 Å². The molecule has 0 spiro atoms. The first-order valence-corrected chi connectivity index (χ1v) is 6.28. The van der Waals surface area contributed by atoms with Crippen LogP contribution in [0, 0.1) is 5.82 Å². The van der Waals surface area contributed by atoms with E-state index in [0.717, 1.165) is 5.52 Å². The third kappa shape index (κ3) is 2.02. The van der Waals surface area contributed by atoms with Crippen molar-refractivity contribution < 1.29 is 9.50 Å². The zero-order valence-corrected chi connectivity index (χ0v) is 10.9. The Morgan fingerprint density at radius 3 is 2.75 bits per heavy atom. The molecule has 5 heteroatoms. The van der Waals surface area contributed by atoms with E-state index in [4.69, 9.17) is 5.73 Å². The Kier molecular flexibility index (Phi) is 2.91. The molecule has 0 bridgehead atoms. The maximum Gasteiger partial charge on any atom is 0.143 e. The lowest BCUT2D eigenvalue weighted by molar-refractivity contribution is 0.187. The Hall–Kier alpha value is -2.40. The van der Waals surface area contributed by atoms with Crippen LogP contribution in [0.1, 0.15) is 18.9 Å². The van der Waals surface area contributed by atoms with Gasteiger partial charge >= 0.3 is 0 Å². The van der Waals surface area contributed by atoms with Crippen LogP contribution in [-0.2, 0) is 0 Å². The predicted molar refractivity (Wildman–Crippen MR) is 76.1 cm³/mol. The number of hydrogen-bond donors (Lipinski definition) is 2. The van der Waals surface area contributed by atoms with Crippen molar-refractivity contribution in [2.75, 3.05) is 5.73 Å². The second-order valence-corrected chi connectivity index (χ2v) is 4.71. The maximum atomic E-state index is 13.4. The molecule has 0 saturated carbocycles. The molecule has 1 unspecified atom stereocenters. The van der Waals surface area contributed by atoms with Crippen LogP contribution in [0.4, 0.5) is 10.1 Å².